The normalized spacial score (nSPS) is 21.0. The molecule has 1 aliphatic carbocycles. The van der Waals surface area contributed by atoms with Gasteiger partial charge in [-0.15, -0.1) is 0 Å². The van der Waals surface area contributed by atoms with E-state index in [0.717, 1.165) is 18.4 Å². The average Bonchev–Trinajstić information content (AvgIpc) is 2.40. The summed E-state index contributed by atoms with van der Waals surface area (Å²) in [6, 6.07) is 12.1. The molecule has 1 saturated carbocycles. The molecule has 0 N–H and O–H groups in total. The van der Waals surface area contributed by atoms with Gasteiger partial charge in [-0.3, -0.25) is 0 Å². The Morgan fingerprint density at radius 3 is 2.31 bits per heavy atom. The lowest BCUT2D eigenvalue weighted by molar-refractivity contribution is 0.312. The largest absolute Gasteiger partial charge is 0.196 e. The third-order valence-electron chi connectivity index (χ3n) is 3.52. The van der Waals surface area contributed by atoms with Crippen LogP contribution in [-0.2, 0) is 4.87 Å². The van der Waals surface area contributed by atoms with E-state index >= 15 is 0 Å². The molecule has 2 rings (SSSR count). The van der Waals surface area contributed by atoms with Gasteiger partial charge in [0.2, 0.25) is 0 Å². The second kappa shape index (κ2) is 4.89. The minimum atomic E-state index is -0.818. The van der Waals surface area contributed by atoms with Crippen LogP contribution < -0.4 is 0 Å². The highest BCUT2D eigenvalue weighted by Gasteiger charge is 2.39. The van der Waals surface area contributed by atoms with Gasteiger partial charge in [-0.05, 0) is 24.3 Å². The van der Waals surface area contributed by atoms with Crippen LogP contribution >= 0.6 is 11.6 Å². The first-order valence-electron chi connectivity index (χ1n) is 5.93. The van der Waals surface area contributed by atoms with E-state index in [1.807, 2.05) is 30.3 Å². The zero-order valence-electron chi connectivity index (χ0n) is 9.32. The van der Waals surface area contributed by atoms with E-state index in [4.69, 9.17) is 11.6 Å². The van der Waals surface area contributed by atoms with Gasteiger partial charge in [-0.25, -0.2) is 0 Å². The van der Waals surface area contributed by atoms with Crippen LogP contribution in [0.25, 0.3) is 0 Å². The van der Waals surface area contributed by atoms with Crippen LogP contribution in [0.2, 0.25) is 0 Å². The Balaban J connectivity index is 2.29. The van der Waals surface area contributed by atoms with E-state index in [1.54, 1.807) is 0 Å². The Kier molecular flexibility index (Phi) is 3.51. The summed E-state index contributed by atoms with van der Waals surface area (Å²) in [4.78, 5) is -0.818. The van der Waals surface area contributed by atoms with Gasteiger partial charge in [0, 0.05) is 0 Å². The second-order valence-corrected chi connectivity index (χ2v) is 5.12. The highest BCUT2D eigenvalue weighted by atomic mass is 35.5. The maximum Gasteiger partial charge on any atom is 0.158 e. The van der Waals surface area contributed by atoms with Gasteiger partial charge >= 0.3 is 0 Å². The van der Waals surface area contributed by atoms with E-state index < -0.39 is 4.87 Å². The third kappa shape index (κ3) is 2.08. The first-order valence-corrected chi connectivity index (χ1v) is 6.31. The summed E-state index contributed by atoms with van der Waals surface area (Å²) < 4.78 is 0. The van der Waals surface area contributed by atoms with Crippen molar-refractivity contribution in [2.24, 2.45) is 5.92 Å². The van der Waals surface area contributed by atoms with Crippen LogP contribution in [0.4, 0.5) is 0 Å². The molecule has 1 nitrogen and oxygen atoms in total. The quantitative estimate of drug-likeness (QED) is 0.702. The van der Waals surface area contributed by atoms with Gasteiger partial charge in [0.05, 0.1) is 6.07 Å². The minimum absolute atomic E-state index is 0.301. The molecule has 2 heteroatoms. The Bertz CT molecular complexity index is 375. The van der Waals surface area contributed by atoms with E-state index in [0.29, 0.717) is 5.92 Å². The van der Waals surface area contributed by atoms with Crippen molar-refractivity contribution in [2.75, 3.05) is 0 Å². The van der Waals surface area contributed by atoms with Crippen LogP contribution in [0.15, 0.2) is 30.3 Å². The van der Waals surface area contributed by atoms with Crippen molar-refractivity contribution in [3.05, 3.63) is 35.9 Å². The number of hydrogen-bond acceptors (Lipinski definition) is 1. The van der Waals surface area contributed by atoms with Gasteiger partial charge in [0.1, 0.15) is 0 Å². The molecule has 1 aliphatic rings. The van der Waals surface area contributed by atoms with E-state index in [1.165, 1.54) is 19.3 Å². The van der Waals surface area contributed by atoms with Gasteiger partial charge in [0.15, 0.2) is 4.87 Å². The predicted octanol–water partition coefficient (Wildman–Crippen LogP) is 4.22. The van der Waals surface area contributed by atoms with Crippen molar-refractivity contribution in [1.29, 1.82) is 5.26 Å². The first kappa shape index (κ1) is 11.5. The molecular weight excluding hydrogens is 218 g/mol. The van der Waals surface area contributed by atoms with Crippen molar-refractivity contribution >= 4 is 11.6 Å². The Morgan fingerprint density at radius 1 is 1.12 bits per heavy atom. The number of benzene rings is 1. The fourth-order valence-electron chi connectivity index (χ4n) is 2.57. The monoisotopic (exact) mass is 233 g/mol. The Labute approximate surface area is 102 Å². The van der Waals surface area contributed by atoms with Crippen LogP contribution in [-0.4, -0.2) is 0 Å². The smallest absolute Gasteiger partial charge is 0.158 e. The molecule has 0 radical (unpaired) electrons. The molecule has 84 valence electrons. The summed E-state index contributed by atoms with van der Waals surface area (Å²) in [6.07, 6.45) is 5.84. The molecular formula is C14H16ClN. The molecule has 1 fully saturated rings. The maximum atomic E-state index is 9.41. The molecule has 0 saturated heterocycles. The van der Waals surface area contributed by atoms with Gasteiger partial charge in [0.25, 0.3) is 0 Å². The third-order valence-corrected chi connectivity index (χ3v) is 4.14. The molecule has 0 heterocycles. The van der Waals surface area contributed by atoms with Crippen molar-refractivity contribution in [2.45, 2.75) is 37.0 Å². The standard InChI is InChI=1S/C14H16ClN/c15-14(11-16,12-7-3-1-4-8-12)13-9-5-2-6-10-13/h1,3-4,7-8,13H,2,5-6,9-10H2. The molecule has 1 atom stereocenters. The van der Waals surface area contributed by atoms with Crippen molar-refractivity contribution in [3.8, 4) is 6.07 Å². The Morgan fingerprint density at radius 2 is 1.75 bits per heavy atom. The lowest BCUT2D eigenvalue weighted by Gasteiger charge is -2.32. The lowest BCUT2D eigenvalue weighted by atomic mass is 9.77. The van der Waals surface area contributed by atoms with Gasteiger partial charge in [-0.2, -0.15) is 5.26 Å². The number of nitriles is 1. The zero-order chi connectivity index (χ0) is 11.4. The zero-order valence-corrected chi connectivity index (χ0v) is 10.1. The van der Waals surface area contributed by atoms with E-state index in [9.17, 15) is 5.26 Å². The summed E-state index contributed by atoms with van der Waals surface area (Å²) in [5, 5.41) is 9.41. The van der Waals surface area contributed by atoms with Crippen LogP contribution in [0, 0.1) is 17.2 Å². The van der Waals surface area contributed by atoms with Crippen LogP contribution in [0.5, 0.6) is 0 Å². The lowest BCUT2D eigenvalue weighted by Crippen LogP contribution is -2.29. The molecule has 0 spiro atoms. The molecule has 0 bridgehead atoms. The molecule has 16 heavy (non-hydrogen) atoms. The van der Waals surface area contributed by atoms with Crippen molar-refractivity contribution in [1.82, 2.24) is 0 Å². The number of alkyl halides is 1. The van der Waals surface area contributed by atoms with E-state index in [-0.39, 0.29) is 0 Å². The number of hydrogen-bond donors (Lipinski definition) is 0. The van der Waals surface area contributed by atoms with Gasteiger partial charge < -0.3 is 0 Å². The fourth-order valence-corrected chi connectivity index (χ4v) is 2.92. The SMILES string of the molecule is N#CC(Cl)(c1ccccc1)C1CCCCC1. The summed E-state index contributed by atoms with van der Waals surface area (Å²) in [7, 11) is 0. The maximum absolute atomic E-state index is 9.41. The Hall–Kier alpha value is -1.00. The van der Waals surface area contributed by atoms with Crippen LogP contribution in [0.1, 0.15) is 37.7 Å². The average molecular weight is 234 g/mol. The molecule has 1 aromatic rings. The highest BCUT2D eigenvalue weighted by molar-refractivity contribution is 6.26. The molecule has 0 amide bonds. The highest BCUT2D eigenvalue weighted by Crippen LogP contribution is 2.43. The number of halogens is 1. The summed E-state index contributed by atoms with van der Waals surface area (Å²) in [5.41, 5.74) is 0.950. The minimum Gasteiger partial charge on any atom is -0.196 e. The molecule has 1 aromatic carbocycles. The van der Waals surface area contributed by atoms with E-state index in [2.05, 4.69) is 6.07 Å². The first-order chi connectivity index (χ1) is 7.77. The molecule has 0 aliphatic heterocycles. The topological polar surface area (TPSA) is 23.8 Å². The molecule has 1 unspecified atom stereocenters. The second-order valence-electron chi connectivity index (χ2n) is 4.52. The summed E-state index contributed by atoms with van der Waals surface area (Å²) >= 11 is 6.57. The number of nitrogens with zero attached hydrogens (tertiary/aromatic N) is 1. The van der Waals surface area contributed by atoms with Gasteiger partial charge in [-0.1, -0.05) is 61.2 Å². The predicted molar refractivity (Wildman–Crippen MR) is 66.2 cm³/mol. The van der Waals surface area contributed by atoms with Crippen LogP contribution in [0.3, 0.4) is 0 Å². The summed E-state index contributed by atoms with van der Waals surface area (Å²) in [5.74, 6) is 0.301. The van der Waals surface area contributed by atoms with Crippen molar-refractivity contribution in [3.63, 3.8) is 0 Å². The fraction of sp³-hybridized carbons (Fsp3) is 0.500. The van der Waals surface area contributed by atoms with Crippen molar-refractivity contribution < 1.29 is 0 Å². The molecule has 0 aromatic heterocycles. The summed E-state index contributed by atoms with van der Waals surface area (Å²) in [6.45, 7) is 0. The number of rotatable bonds is 2.